The average molecular weight is 263 g/mol. The van der Waals surface area contributed by atoms with Gasteiger partial charge in [0, 0.05) is 11.6 Å². The first-order valence-electron chi connectivity index (χ1n) is 5.82. The van der Waals surface area contributed by atoms with E-state index in [9.17, 15) is 4.79 Å². The molecular weight excluding hydrogens is 246 g/mol. The fourth-order valence-electron chi connectivity index (χ4n) is 2.33. The molecule has 1 N–H and O–H groups in total. The van der Waals surface area contributed by atoms with E-state index in [0.717, 1.165) is 0 Å². The van der Waals surface area contributed by atoms with E-state index >= 15 is 0 Å². The molecule has 0 saturated carbocycles. The molecule has 102 valence electrons. The molecule has 0 spiro atoms. The quantitative estimate of drug-likeness (QED) is 0.845. The smallest absolute Gasteiger partial charge is 0.238 e. The molecule has 0 aliphatic carbocycles. The summed E-state index contributed by atoms with van der Waals surface area (Å²) < 4.78 is 16.0. The van der Waals surface area contributed by atoms with E-state index in [1.54, 1.807) is 19.1 Å². The third-order valence-corrected chi connectivity index (χ3v) is 3.48. The Morgan fingerprint density at radius 3 is 2.32 bits per heavy atom. The molecule has 0 aromatic heterocycles. The molecule has 2 rings (SSSR count). The van der Waals surface area contributed by atoms with E-state index in [2.05, 4.69) is 11.9 Å². The Labute approximate surface area is 112 Å². The van der Waals surface area contributed by atoms with Crippen molar-refractivity contribution in [2.24, 2.45) is 0 Å². The zero-order valence-electron chi connectivity index (χ0n) is 11.5. The van der Waals surface area contributed by atoms with Crippen molar-refractivity contribution in [3.63, 3.8) is 0 Å². The number of methoxy groups -OCH3 is 3. The molecule has 0 fully saturated rings. The number of amides is 1. The van der Waals surface area contributed by atoms with E-state index in [1.807, 2.05) is 0 Å². The highest BCUT2D eigenvalue weighted by molar-refractivity contribution is 6.09. The highest BCUT2D eigenvalue weighted by atomic mass is 16.5. The minimum absolute atomic E-state index is 0.147. The van der Waals surface area contributed by atoms with Crippen LogP contribution in [-0.4, -0.2) is 27.2 Å². The van der Waals surface area contributed by atoms with Crippen LogP contribution in [0, 0.1) is 0 Å². The highest BCUT2D eigenvalue weighted by Gasteiger charge is 2.44. The largest absolute Gasteiger partial charge is 0.493 e. The van der Waals surface area contributed by atoms with Crippen LogP contribution in [0.3, 0.4) is 0 Å². The van der Waals surface area contributed by atoms with Crippen molar-refractivity contribution >= 4 is 11.6 Å². The second kappa shape index (κ2) is 4.50. The van der Waals surface area contributed by atoms with E-state index < -0.39 is 5.41 Å². The number of carbonyl (C=O) groups excluding carboxylic acids is 1. The number of ether oxygens (including phenoxy) is 3. The number of anilines is 1. The summed E-state index contributed by atoms with van der Waals surface area (Å²) in [6.45, 7) is 5.54. The van der Waals surface area contributed by atoms with Gasteiger partial charge in [0.1, 0.15) is 0 Å². The van der Waals surface area contributed by atoms with Gasteiger partial charge in [-0.1, -0.05) is 6.08 Å². The summed E-state index contributed by atoms with van der Waals surface area (Å²) >= 11 is 0. The molecule has 1 atom stereocenters. The molecule has 0 bridgehead atoms. The van der Waals surface area contributed by atoms with Crippen LogP contribution in [-0.2, 0) is 10.2 Å². The first kappa shape index (κ1) is 13.3. The van der Waals surface area contributed by atoms with Gasteiger partial charge in [-0.05, 0) is 6.92 Å². The van der Waals surface area contributed by atoms with Gasteiger partial charge in [0.25, 0.3) is 0 Å². The van der Waals surface area contributed by atoms with Crippen LogP contribution in [0.25, 0.3) is 0 Å². The van der Waals surface area contributed by atoms with Crippen molar-refractivity contribution in [2.45, 2.75) is 12.3 Å². The van der Waals surface area contributed by atoms with Gasteiger partial charge in [-0.15, -0.1) is 6.58 Å². The molecule has 1 aliphatic heterocycles. The molecule has 5 heteroatoms. The number of hydrogen-bond acceptors (Lipinski definition) is 4. The van der Waals surface area contributed by atoms with Gasteiger partial charge in [0.2, 0.25) is 11.7 Å². The normalized spacial score (nSPS) is 20.5. The standard InChI is InChI=1S/C14H17NO4/c1-6-14(2)10-8(15-13(14)16)7-9(17-3)11(18-4)12(10)19-5/h6-7H,1H2,2-5H3,(H,15,16). The molecule has 1 aromatic carbocycles. The number of benzene rings is 1. The van der Waals surface area contributed by atoms with Gasteiger partial charge in [-0.25, -0.2) is 0 Å². The van der Waals surface area contributed by atoms with Gasteiger partial charge < -0.3 is 19.5 Å². The summed E-state index contributed by atoms with van der Waals surface area (Å²) in [5.74, 6) is 1.31. The summed E-state index contributed by atoms with van der Waals surface area (Å²) in [6.07, 6.45) is 1.60. The SMILES string of the molecule is C=CC1(C)C(=O)Nc2cc(OC)c(OC)c(OC)c21. The predicted octanol–water partition coefficient (Wildman–Crippen LogP) is 2.11. The first-order chi connectivity index (χ1) is 9.03. The van der Waals surface area contributed by atoms with Crippen molar-refractivity contribution in [2.75, 3.05) is 26.6 Å². The Hall–Kier alpha value is -2.17. The molecule has 19 heavy (non-hydrogen) atoms. The van der Waals surface area contributed by atoms with Crippen molar-refractivity contribution in [1.82, 2.24) is 0 Å². The topological polar surface area (TPSA) is 56.8 Å². The maximum atomic E-state index is 12.1. The van der Waals surface area contributed by atoms with Gasteiger partial charge in [0.15, 0.2) is 11.5 Å². The summed E-state index contributed by atoms with van der Waals surface area (Å²) in [5.41, 5.74) is 0.523. The number of carbonyl (C=O) groups is 1. The van der Waals surface area contributed by atoms with Crippen LogP contribution < -0.4 is 19.5 Å². The molecule has 0 radical (unpaired) electrons. The predicted molar refractivity (Wildman–Crippen MR) is 72.3 cm³/mol. The van der Waals surface area contributed by atoms with Crippen molar-refractivity contribution in [1.29, 1.82) is 0 Å². The highest BCUT2D eigenvalue weighted by Crippen LogP contribution is 2.52. The fourth-order valence-corrected chi connectivity index (χ4v) is 2.33. The van der Waals surface area contributed by atoms with Crippen LogP contribution in [0.15, 0.2) is 18.7 Å². The maximum Gasteiger partial charge on any atom is 0.238 e. The molecule has 0 saturated heterocycles. The van der Waals surface area contributed by atoms with Crippen LogP contribution in [0.5, 0.6) is 17.2 Å². The van der Waals surface area contributed by atoms with E-state index in [1.165, 1.54) is 21.3 Å². The van der Waals surface area contributed by atoms with Crippen molar-refractivity contribution in [3.8, 4) is 17.2 Å². The number of rotatable bonds is 4. The Kier molecular flexibility index (Phi) is 3.14. The Balaban J connectivity index is 2.81. The summed E-state index contributed by atoms with van der Waals surface area (Å²) in [6, 6.07) is 1.73. The average Bonchev–Trinajstić information content (AvgIpc) is 2.68. The zero-order chi connectivity index (χ0) is 14.2. The van der Waals surface area contributed by atoms with Crippen molar-refractivity contribution < 1.29 is 19.0 Å². The summed E-state index contributed by atoms with van der Waals surface area (Å²) in [5, 5.41) is 2.81. The molecule has 1 amide bonds. The van der Waals surface area contributed by atoms with Gasteiger partial charge in [0.05, 0.1) is 32.4 Å². The lowest BCUT2D eigenvalue weighted by Gasteiger charge is -2.22. The molecule has 1 aromatic rings. The molecule has 1 unspecified atom stereocenters. The third kappa shape index (κ3) is 1.65. The van der Waals surface area contributed by atoms with E-state index in [4.69, 9.17) is 14.2 Å². The lowest BCUT2D eigenvalue weighted by molar-refractivity contribution is -0.118. The molecule has 5 nitrogen and oxygen atoms in total. The minimum atomic E-state index is -0.847. The number of nitrogens with one attached hydrogen (secondary N) is 1. The van der Waals surface area contributed by atoms with Crippen molar-refractivity contribution in [3.05, 3.63) is 24.3 Å². The van der Waals surface area contributed by atoms with Gasteiger partial charge in [-0.2, -0.15) is 0 Å². The van der Waals surface area contributed by atoms with Crippen LogP contribution in [0.4, 0.5) is 5.69 Å². The van der Waals surface area contributed by atoms with Crippen LogP contribution in [0.1, 0.15) is 12.5 Å². The second-order valence-electron chi connectivity index (χ2n) is 4.43. The Morgan fingerprint density at radius 2 is 1.84 bits per heavy atom. The first-order valence-corrected chi connectivity index (χ1v) is 5.82. The lowest BCUT2D eigenvalue weighted by Crippen LogP contribution is -2.28. The zero-order valence-corrected chi connectivity index (χ0v) is 11.5. The third-order valence-electron chi connectivity index (χ3n) is 3.48. The van der Waals surface area contributed by atoms with Gasteiger partial charge >= 0.3 is 0 Å². The van der Waals surface area contributed by atoms with E-state index in [0.29, 0.717) is 28.5 Å². The summed E-state index contributed by atoms with van der Waals surface area (Å²) in [4.78, 5) is 12.1. The van der Waals surface area contributed by atoms with Crippen LogP contribution in [0.2, 0.25) is 0 Å². The molecular formula is C14H17NO4. The monoisotopic (exact) mass is 263 g/mol. The number of hydrogen-bond donors (Lipinski definition) is 1. The molecule has 1 heterocycles. The fraction of sp³-hybridized carbons (Fsp3) is 0.357. The van der Waals surface area contributed by atoms with Gasteiger partial charge in [-0.3, -0.25) is 4.79 Å². The maximum absolute atomic E-state index is 12.1. The summed E-state index contributed by atoms with van der Waals surface area (Å²) in [7, 11) is 4.60. The minimum Gasteiger partial charge on any atom is -0.493 e. The van der Waals surface area contributed by atoms with Crippen LogP contribution >= 0.6 is 0 Å². The second-order valence-corrected chi connectivity index (χ2v) is 4.43. The Morgan fingerprint density at radius 1 is 1.21 bits per heavy atom. The molecule has 1 aliphatic rings. The number of fused-ring (bicyclic) bond motifs is 1. The Bertz CT molecular complexity index is 553. The lowest BCUT2D eigenvalue weighted by atomic mass is 9.83. The van der Waals surface area contributed by atoms with E-state index in [-0.39, 0.29) is 5.91 Å².